The molecule has 26 heavy (non-hydrogen) atoms. The summed E-state index contributed by atoms with van der Waals surface area (Å²) in [6.07, 6.45) is 7.89. The van der Waals surface area contributed by atoms with Gasteiger partial charge >= 0.3 is 0 Å². The summed E-state index contributed by atoms with van der Waals surface area (Å²) in [5, 5.41) is 16.4. The summed E-state index contributed by atoms with van der Waals surface area (Å²) in [7, 11) is 2.05. The van der Waals surface area contributed by atoms with Crippen molar-refractivity contribution in [3.8, 4) is 0 Å². The molecule has 10 nitrogen and oxygen atoms in total. The normalized spacial score (nSPS) is 14.9. The van der Waals surface area contributed by atoms with Crippen molar-refractivity contribution < 1.29 is 0 Å². The highest BCUT2D eigenvalue weighted by molar-refractivity contribution is 5.86. The second kappa shape index (κ2) is 5.61. The van der Waals surface area contributed by atoms with Crippen LogP contribution in [0.2, 0.25) is 0 Å². The quantitative estimate of drug-likeness (QED) is 0.573. The molecular weight excluding hydrogens is 332 g/mol. The van der Waals surface area contributed by atoms with E-state index in [0.717, 1.165) is 53.7 Å². The van der Waals surface area contributed by atoms with Gasteiger partial charge in [0.2, 0.25) is 5.65 Å². The maximum atomic E-state index is 4.53. The van der Waals surface area contributed by atoms with Crippen LogP contribution in [0.5, 0.6) is 0 Å². The number of aryl methyl sites for hydroxylation is 1. The highest BCUT2D eigenvalue weighted by Crippen LogP contribution is 2.29. The molecule has 1 aliphatic rings. The first-order chi connectivity index (χ1) is 12.8. The van der Waals surface area contributed by atoms with Gasteiger partial charge in [0.25, 0.3) is 0 Å². The molecule has 0 bridgehead atoms. The number of fused-ring (bicyclic) bond motifs is 2. The van der Waals surface area contributed by atoms with Crippen LogP contribution >= 0.6 is 0 Å². The van der Waals surface area contributed by atoms with Gasteiger partial charge in [-0.3, -0.25) is 9.50 Å². The standard InChI is InChI=1S/C16H18N10/c1-3-12-21-23-16-15(17-4-5-26(12)16)25-7-10(8-25)24(2)14-11-6-20-22-13(11)18-9-19-14/h4-6,9-10H,3,7-8H2,1-2H3,(H,18,19,20,22). The maximum absolute atomic E-state index is 4.53. The zero-order chi connectivity index (χ0) is 17.7. The number of hydrogen-bond acceptors (Lipinski definition) is 8. The van der Waals surface area contributed by atoms with Crippen LogP contribution in [0.15, 0.2) is 24.9 Å². The average Bonchev–Trinajstić information content (AvgIpc) is 3.26. The molecule has 0 saturated carbocycles. The van der Waals surface area contributed by atoms with Gasteiger partial charge in [0, 0.05) is 39.0 Å². The van der Waals surface area contributed by atoms with Crippen LogP contribution in [-0.4, -0.2) is 65.9 Å². The number of likely N-dealkylation sites (N-methyl/N-ethyl adjacent to an activating group) is 1. The number of nitrogens with zero attached hydrogens (tertiary/aromatic N) is 9. The van der Waals surface area contributed by atoms with E-state index in [-0.39, 0.29) is 0 Å². The van der Waals surface area contributed by atoms with Crippen LogP contribution in [0.4, 0.5) is 11.6 Å². The summed E-state index contributed by atoms with van der Waals surface area (Å²) in [5.74, 6) is 2.71. The molecule has 1 aliphatic heterocycles. The van der Waals surface area contributed by atoms with E-state index >= 15 is 0 Å². The molecule has 1 fully saturated rings. The zero-order valence-corrected chi connectivity index (χ0v) is 14.5. The lowest BCUT2D eigenvalue weighted by Crippen LogP contribution is -2.59. The van der Waals surface area contributed by atoms with Crippen molar-refractivity contribution in [1.82, 2.24) is 39.7 Å². The molecule has 0 atom stereocenters. The lowest BCUT2D eigenvalue weighted by Gasteiger charge is -2.44. The van der Waals surface area contributed by atoms with E-state index in [1.807, 2.05) is 10.6 Å². The molecule has 4 aromatic heterocycles. The second-order valence-electron chi connectivity index (χ2n) is 6.41. The minimum Gasteiger partial charge on any atom is -0.352 e. The largest absolute Gasteiger partial charge is 0.352 e. The molecule has 10 heteroatoms. The number of H-pyrrole nitrogens is 1. The first-order valence-electron chi connectivity index (χ1n) is 8.56. The van der Waals surface area contributed by atoms with Crippen LogP contribution in [-0.2, 0) is 6.42 Å². The van der Waals surface area contributed by atoms with Crippen molar-refractivity contribution >= 4 is 28.3 Å². The van der Waals surface area contributed by atoms with Crippen molar-refractivity contribution in [2.75, 3.05) is 29.9 Å². The smallest absolute Gasteiger partial charge is 0.203 e. The fourth-order valence-electron chi connectivity index (χ4n) is 3.40. The minimum atomic E-state index is 0.332. The van der Waals surface area contributed by atoms with E-state index in [4.69, 9.17) is 0 Å². The fourth-order valence-corrected chi connectivity index (χ4v) is 3.40. The van der Waals surface area contributed by atoms with Gasteiger partial charge < -0.3 is 9.80 Å². The molecule has 0 aromatic carbocycles. The van der Waals surface area contributed by atoms with Gasteiger partial charge in [-0.15, -0.1) is 10.2 Å². The summed E-state index contributed by atoms with van der Waals surface area (Å²) >= 11 is 0. The highest BCUT2D eigenvalue weighted by atomic mass is 15.4. The number of hydrogen-bond donors (Lipinski definition) is 1. The van der Waals surface area contributed by atoms with E-state index in [2.05, 4.69) is 59.1 Å². The third-order valence-corrected chi connectivity index (χ3v) is 4.97. The third-order valence-electron chi connectivity index (χ3n) is 4.97. The molecule has 0 radical (unpaired) electrons. The first kappa shape index (κ1) is 15.0. The molecule has 0 unspecified atom stereocenters. The molecule has 4 aromatic rings. The lowest BCUT2D eigenvalue weighted by molar-refractivity contribution is 0.491. The Labute approximate surface area is 148 Å². The zero-order valence-electron chi connectivity index (χ0n) is 14.5. The molecule has 132 valence electrons. The van der Waals surface area contributed by atoms with E-state index in [9.17, 15) is 0 Å². The van der Waals surface area contributed by atoms with Gasteiger partial charge in [-0.2, -0.15) is 5.10 Å². The Hall–Kier alpha value is -3.30. The van der Waals surface area contributed by atoms with E-state index in [1.54, 1.807) is 18.7 Å². The Balaban J connectivity index is 1.39. The summed E-state index contributed by atoms with van der Waals surface area (Å²) in [4.78, 5) is 17.6. The fraction of sp³-hybridized carbons (Fsp3) is 0.375. The molecular formula is C16H18N10. The van der Waals surface area contributed by atoms with E-state index < -0.39 is 0 Å². The van der Waals surface area contributed by atoms with Crippen LogP contribution in [0.3, 0.4) is 0 Å². The Morgan fingerprint density at radius 3 is 2.96 bits per heavy atom. The molecule has 0 amide bonds. The Kier molecular flexibility index (Phi) is 3.24. The van der Waals surface area contributed by atoms with Crippen molar-refractivity contribution in [1.29, 1.82) is 0 Å². The highest BCUT2D eigenvalue weighted by Gasteiger charge is 2.34. The Morgan fingerprint density at radius 2 is 2.12 bits per heavy atom. The average molecular weight is 350 g/mol. The Bertz CT molecular complexity index is 1080. The van der Waals surface area contributed by atoms with Gasteiger partial charge in [0.15, 0.2) is 11.5 Å². The minimum absolute atomic E-state index is 0.332. The van der Waals surface area contributed by atoms with E-state index in [0.29, 0.717) is 6.04 Å². The number of aromatic nitrogens is 8. The van der Waals surface area contributed by atoms with Crippen LogP contribution < -0.4 is 9.80 Å². The maximum Gasteiger partial charge on any atom is 0.203 e. The van der Waals surface area contributed by atoms with Crippen LogP contribution in [0, 0.1) is 0 Å². The third kappa shape index (κ3) is 2.11. The van der Waals surface area contributed by atoms with Crippen molar-refractivity contribution in [2.24, 2.45) is 0 Å². The van der Waals surface area contributed by atoms with Crippen LogP contribution in [0.25, 0.3) is 16.7 Å². The predicted molar refractivity (Wildman–Crippen MR) is 96.2 cm³/mol. The van der Waals surface area contributed by atoms with Gasteiger partial charge in [0.1, 0.15) is 18.0 Å². The number of anilines is 2. The molecule has 1 saturated heterocycles. The molecule has 0 spiro atoms. The predicted octanol–water partition coefficient (Wildman–Crippen LogP) is 0.678. The number of rotatable bonds is 4. The van der Waals surface area contributed by atoms with Crippen molar-refractivity contribution in [3.05, 3.63) is 30.7 Å². The van der Waals surface area contributed by atoms with Crippen molar-refractivity contribution in [2.45, 2.75) is 19.4 Å². The summed E-state index contributed by atoms with van der Waals surface area (Å²) in [6.45, 7) is 3.77. The molecule has 0 aliphatic carbocycles. The molecule has 5 heterocycles. The lowest BCUT2D eigenvalue weighted by atomic mass is 10.1. The topological polar surface area (TPSA) is 104 Å². The summed E-state index contributed by atoms with van der Waals surface area (Å²) < 4.78 is 2.01. The van der Waals surface area contributed by atoms with Crippen LogP contribution in [0.1, 0.15) is 12.7 Å². The number of aromatic amines is 1. The van der Waals surface area contributed by atoms with Gasteiger partial charge in [-0.1, -0.05) is 6.92 Å². The SMILES string of the molecule is CCc1nnc2c(N3CC(N(C)c4ncnc5[nH]ncc45)C3)nccn12. The monoisotopic (exact) mass is 350 g/mol. The van der Waals surface area contributed by atoms with Crippen molar-refractivity contribution in [3.63, 3.8) is 0 Å². The summed E-state index contributed by atoms with van der Waals surface area (Å²) in [5.41, 5.74) is 1.56. The Morgan fingerprint density at radius 1 is 1.23 bits per heavy atom. The molecule has 5 rings (SSSR count). The molecule has 1 N–H and O–H groups in total. The van der Waals surface area contributed by atoms with Gasteiger partial charge in [0.05, 0.1) is 17.6 Å². The van der Waals surface area contributed by atoms with Gasteiger partial charge in [-0.25, -0.2) is 15.0 Å². The van der Waals surface area contributed by atoms with E-state index in [1.165, 1.54) is 0 Å². The van der Waals surface area contributed by atoms with Gasteiger partial charge in [-0.05, 0) is 0 Å². The first-order valence-corrected chi connectivity index (χ1v) is 8.56. The number of nitrogens with one attached hydrogen (secondary N) is 1. The second-order valence-corrected chi connectivity index (χ2v) is 6.41. The summed E-state index contributed by atoms with van der Waals surface area (Å²) in [6, 6.07) is 0.332.